The molecule has 0 bridgehead atoms. The predicted molar refractivity (Wildman–Crippen MR) is 216 cm³/mol. The second-order valence-electron chi connectivity index (χ2n) is 14.1. The summed E-state index contributed by atoms with van der Waals surface area (Å²) in [6.45, 7) is 2.99. The van der Waals surface area contributed by atoms with Gasteiger partial charge in [0.25, 0.3) is 0 Å². The van der Waals surface area contributed by atoms with Crippen LogP contribution in [-0.4, -0.2) is 6.54 Å². The van der Waals surface area contributed by atoms with Crippen LogP contribution in [0.25, 0.3) is 21.9 Å². The van der Waals surface area contributed by atoms with Gasteiger partial charge in [-0.05, 0) is 119 Å². The summed E-state index contributed by atoms with van der Waals surface area (Å²) in [5.74, 6) is 1.47. The minimum Gasteiger partial charge on any atom is -0.338 e. The molecule has 3 aliphatic rings. The van der Waals surface area contributed by atoms with E-state index in [1.807, 2.05) is 0 Å². The van der Waals surface area contributed by atoms with Gasteiger partial charge in [-0.3, -0.25) is 0 Å². The molecule has 1 saturated carbocycles. The Morgan fingerprint density at radius 3 is 2.04 bits per heavy atom. The SMILES string of the molecule is Cc1ccccc1N(c1ccc(-c2ccc(N(C/C=C\C=C3\C4=C(C=CC3C3CC3)C4)c3ccccc3)cc2)cc1)c1cccc2ccccc12. The molecule has 0 amide bonds. The van der Waals surface area contributed by atoms with Crippen molar-refractivity contribution in [1.82, 2.24) is 0 Å². The number of hydrogen-bond donors (Lipinski definition) is 0. The molecule has 1 atom stereocenters. The average Bonchev–Trinajstić information content (AvgIpc) is 4.12. The summed E-state index contributed by atoms with van der Waals surface area (Å²) >= 11 is 0. The molecule has 2 heteroatoms. The Morgan fingerprint density at radius 2 is 1.27 bits per heavy atom. The van der Waals surface area contributed by atoms with E-state index < -0.39 is 0 Å². The van der Waals surface area contributed by atoms with Gasteiger partial charge in [-0.2, -0.15) is 0 Å². The molecular formula is C49H42N2. The topological polar surface area (TPSA) is 6.48 Å². The van der Waals surface area contributed by atoms with Crippen LogP contribution in [-0.2, 0) is 0 Å². The molecule has 1 unspecified atom stereocenters. The normalized spacial score (nSPS) is 17.3. The summed E-state index contributed by atoms with van der Waals surface area (Å²) in [6.07, 6.45) is 15.8. The van der Waals surface area contributed by atoms with Crippen molar-refractivity contribution in [3.05, 3.63) is 198 Å². The van der Waals surface area contributed by atoms with E-state index in [0.29, 0.717) is 5.92 Å². The van der Waals surface area contributed by atoms with Gasteiger partial charge in [0, 0.05) is 40.6 Å². The molecule has 0 aliphatic heterocycles. The van der Waals surface area contributed by atoms with Gasteiger partial charge in [0.05, 0.1) is 5.69 Å². The lowest BCUT2D eigenvalue weighted by Crippen LogP contribution is -2.16. The fraction of sp³-hybridized carbons (Fsp3) is 0.143. The van der Waals surface area contributed by atoms with Crippen LogP contribution < -0.4 is 9.80 Å². The first-order chi connectivity index (χ1) is 25.2. The molecule has 1 fully saturated rings. The molecule has 2 nitrogen and oxygen atoms in total. The summed E-state index contributed by atoms with van der Waals surface area (Å²) < 4.78 is 0. The first kappa shape index (κ1) is 31.1. The van der Waals surface area contributed by atoms with Crippen molar-refractivity contribution < 1.29 is 0 Å². The number of fused-ring (bicyclic) bond motifs is 1. The van der Waals surface area contributed by atoms with Gasteiger partial charge >= 0.3 is 0 Å². The summed E-state index contributed by atoms with van der Waals surface area (Å²) in [7, 11) is 0. The van der Waals surface area contributed by atoms with Crippen molar-refractivity contribution in [2.24, 2.45) is 11.8 Å². The van der Waals surface area contributed by atoms with Gasteiger partial charge in [-0.1, -0.05) is 127 Å². The maximum atomic E-state index is 2.46. The first-order valence-corrected chi connectivity index (χ1v) is 18.4. The van der Waals surface area contributed by atoms with Crippen LogP contribution in [0.1, 0.15) is 24.8 Å². The largest absolute Gasteiger partial charge is 0.338 e. The van der Waals surface area contributed by atoms with Crippen molar-refractivity contribution in [3.8, 4) is 11.1 Å². The van der Waals surface area contributed by atoms with E-state index >= 15 is 0 Å². The lowest BCUT2D eigenvalue weighted by Gasteiger charge is -2.28. The van der Waals surface area contributed by atoms with Crippen LogP contribution in [0.15, 0.2) is 193 Å². The number of benzene rings is 6. The van der Waals surface area contributed by atoms with Crippen LogP contribution in [0.5, 0.6) is 0 Å². The molecule has 6 aromatic carbocycles. The van der Waals surface area contributed by atoms with Crippen molar-refractivity contribution >= 4 is 39.2 Å². The Morgan fingerprint density at radius 1 is 0.627 bits per heavy atom. The zero-order valence-electron chi connectivity index (χ0n) is 29.1. The third kappa shape index (κ3) is 6.35. The second-order valence-corrected chi connectivity index (χ2v) is 14.1. The molecule has 0 saturated heterocycles. The van der Waals surface area contributed by atoms with E-state index in [-0.39, 0.29) is 0 Å². The molecule has 0 N–H and O–H groups in total. The number of hydrogen-bond acceptors (Lipinski definition) is 2. The van der Waals surface area contributed by atoms with E-state index in [2.05, 4.69) is 193 Å². The Hall–Kier alpha value is -5.86. The van der Waals surface area contributed by atoms with Gasteiger partial charge in [0.1, 0.15) is 0 Å². The smallest absolute Gasteiger partial charge is 0.0540 e. The highest BCUT2D eigenvalue weighted by Crippen LogP contribution is 2.52. The average molecular weight is 659 g/mol. The molecule has 9 rings (SSSR count). The van der Waals surface area contributed by atoms with Crippen LogP contribution in [0.2, 0.25) is 0 Å². The molecule has 51 heavy (non-hydrogen) atoms. The van der Waals surface area contributed by atoms with Crippen molar-refractivity contribution in [3.63, 3.8) is 0 Å². The van der Waals surface area contributed by atoms with Crippen LogP contribution in [0.3, 0.4) is 0 Å². The standard InChI is InChI=1S/C49H42N2/c1-35-12-5-8-19-48(35)51(49-20-11-14-38-13-6-7-17-45(38)49)43-30-25-37(26-31-43)36-23-28-42(29-24-36)50(41-15-3-2-4-16-41)33-10-9-18-46-44(39-21-22-39)32-27-40-34-47(40)46/h2-20,23-32,39,44H,21-22,33-34H2,1H3/b10-9-,46-18+. The van der Waals surface area contributed by atoms with E-state index in [0.717, 1.165) is 18.2 Å². The van der Waals surface area contributed by atoms with Crippen molar-refractivity contribution in [2.75, 3.05) is 16.3 Å². The maximum absolute atomic E-state index is 2.46. The molecule has 3 aliphatic carbocycles. The van der Waals surface area contributed by atoms with E-state index in [1.54, 1.807) is 16.7 Å². The third-order valence-corrected chi connectivity index (χ3v) is 10.7. The first-order valence-electron chi connectivity index (χ1n) is 18.4. The zero-order chi connectivity index (χ0) is 34.1. The quantitative estimate of drug-likeness (QED) is 0.145. The predicted octanol–water partition coefficient (Wildman–Crippen LogP) is 13.2. The Bertz CT molecular complexity index is 2310. The lowest BCUT2D eigenvalue weighted by molar-refractivity contribution is 0.663. The highest BCUT2D eigenvalue weighted by atomic mass is 15.1. The number of allylic oxidation sites excluding steroid dienone is 7. The van der Waals surface area contributed by atoms with E-state index in [1.165, 1.54) is 69.5 Å². The summed E-state index contributed by atoms with van der Waals surface area (Å²) in [5.41, 5.74) is 14.2. The molecular weight excluding hydrogens is 617 g/mol. The highest BCUT2D eigenvalue weighted by Gasteiger charge is 2.38. The van der Waals surface area contributed by atoms with Gasteiger partial charge in [0.15, 0.2) is 0 Å². The summed E-state index contributed by atoms with van der Waals surface area (Å²) in [6, 6.07) is 52.6. The monoisotopic (exact) mass is 658 g/mol. The number of aryl methyl sites for hydroxylation is 1. The molecule has 0 spiro atoms. The number of anilines is 5. The fourth-order valence-electron chi connectivity index (χ4n) is 7.76. The van der Waals surface area contributed by atoms with Gasteiger partial charge in [-0.25, -0.2) is 0 Å². The minimum absolute atomic E-state index is 0.617. The lowest BCUT2D eigenvalue weighted by atomic mass is 9.89. The van der Waals surface area contributed by atoms with Crippen LogP contribution >= 0.6 is 0 Å². The summed E-state index contributed by atoms with van der Waals surface area (Å²) in [4.78, 5) is 4.79. The second kappa shape index (κ2) is 13.5. The Balaban J connectivity index is 0.982. The van der Waals surface area contributed by atoms with Crippen molar-refractivity contribution in [1.29, 1.82) is 0 Å². The molecule has 0 radical (unpaired) electrons. The Kier molecular flexibility index (Phi) is 8.22. The van der Waals surface area contributed by atoms with E-state index in [9.17, 15) is 0 Å². The maximum Gasteiger partial charge on any atom is 0.0540 e. The summed E-state index contributed by atoms with van der Waals surface area (Å²) in [5, 5.41) is 2.47. The van der Waals surface area contributed by atoms with Crippen LogP contribution in [0.4, 0.5) is 28.4 Å². The zero-order valence-corrected chi connectivity index (χ0v) is 29.1. The van der Waals surface area contributed by atoms with E-state index in [4.69, 9.17) is 0 Å². The van der Waals surface area contributed by atoms with Crippen molar-refractivity contribution in [2.45, 2.75) is 26.2 Å². The molecule has 0 aromatic heterocycles. The number of para-hydroxylation sites is 2. The molecule has 248 valence electrons. The van der Waals surface area contributed by atoms with Gasteiger partial charge < -0.3 is 9.80 Å². The highest BCUT2D eigenvalue weighted by molar-refractivity contribution is 5.99. The Labute approximate surface area is 302 Å². The minimum atomic E-state index is 0.617. The molecule has 6 aromatic rings. The molecule has 0 heterocycles. The van der Waals surface area contributed by atoms with Crippen LogP contribution in [0, 0.1) is 18.8 Å². The third-order valence-electron chi connectivity index (χ3n) is 10.7. The van der Waals surface area contributed by atoms with Gasteiger partial charge in [0.2, 0.25) is 0 Å². The van der Waals surface area contributed by atoms with Gasteiger partial charge in [-0.15, -0.1) is 0 Å². The number of rotatable bonds is 10. The number of nitrogens with zero attached hydrogens (tertiary/aromatic N) is 2. The fourth-order valence-corrected chi connectivity index (χ4v) is 7.76.